The Kier molecular flexibility index (Phi) is 4.32. The van der Waals surface area contributed by atoms with Crippen molar-refractivity contribution in [1.29, 1.82) is 0 Å². The Bertz CT molecular complexity index is 366. The van der Waals surface area contributed by atoms with Crippen molar-refractivity contribution in [2.24, 2.45) is 0 Å². The molecular weight excluding hydrogens is 273 g/mol. The van der Waals surface area contributed by atoms with E-state index in [0.29, 0.717) is 11.4 Å². The first-order valence-corrected chi connectivity index (χ1v) is 5.35. The molecular formula is C10H8BrF3O. The molecule has 82 valence electrons. The quantitative estimate of drug-likeness (QED) is 0.607. The largest absolute Gasteiger partial charge is 0.294 e. The molecule has 1 rings (SSSR count). The van der Waals surface area contributed by atoms with Crippen LogP contribution >= 0.6 is 15.9 Å². The van der Waals surface area contributed by atoms with Crippen LogP contribution in [0.5, 0.6) is 0 Å². The van der Waals surface area contributed by atoms with E-state index in [2.05, 4.69) is 15.9 Å². The highest BCUT2D eigenvalue weighted by molar-refractivity contribution is 9.09. The highest BCUT2D eigenvalue weighted by Gasteiger charge is 2.14. The highest BCUT2D eigenvalue weighted by atomic mass is 79.9. The average molecular weight is 281 g/mol. The Labute approximate surface area is 93.4 Å². The Morgan fingerprint density at radius 1 is 1.40 bits per heavy atom. The Hall–Kier alpha value is -0.840. The Morgan fingerprint density at radius 2 is 2.07 bits per heavy atom. The number of ketones is 1. The van der Waals surface area contributed by atoms with Crippen molar-refractivity contribution in [3.63, 3.8) is 0 Å². The van der Waals surface area contributed by atoms with Gasteiger partial charge in [0.25, 0.3) is 6.43 Å². The average Bonchev–Trinajstić information content (AvgIpc) is 2.17. The van der Waals surface area contributed by atoms with Crippen molar-refractivity contribution in [3.8, 4) is 0 Å². The maximum atomic E-state index is 13.2. The first-order chi connectivity index (χ1) is 7.06. The highest BCUT2D eigenvalue weighted by Crippen LogP contribution is 2.21. The van der Waals surface area contributed by atoms with Gasteiger partial charge in [0.1, 0.15) is 5.82 Å². The summed E-state index contributed by atoms with van der Waals surface area (Å²) in [7, 11) is 0. The van der Waals surface area contributed by atoms with Crippen molar-refractivity contribution in [2.75, 3.05) is 5.33 Å². The van der Waals surface area contributed by atoms with Crippen molar-refractivity contribution in [3.05, 3.63) is 35.1 Å². The molecule has 0 heterocycles. The number of rotatable bonds is 4. The molecule has 0 saturated heterocycles. The molecule has 1 nitrogen and oxygen atoms in total. The predicted octanol–water partition coefficient (Wildman–Crippen LogP) is 3.73. The monoisotopic (exact) mass is 280 g/mol. The lowest BCUT2D eigenvalue weighted by Crippen LogP contribution is -2.03. The van der Waals surface area contributed by atoms with Gasteiger partial charge in [-0.1, -0.05) is 22.0 Å². The summed E-state index contributed by atoms with van der Waals surface area (Å²) in [5.74, 6) is -1.29. The smallest absolute Gasteiger partial charge is 0.263 e. The first kappa shape index (κ1) is 12.2. The number of carbonyl (C=O) groups is 1. The number of hydrogen-bond donors (Lipinski definition) is 0. The zero-order chi connectivity index (χ0) is 11.4. The number of hydrogen-bond acceptors (Lipinski definition) is 1. The summed E-state index contributed by atoms with van der Waals surface area (Å²) in [4.78, 5) is 11.3. The van der Waals surface area contributed by atoms with Gasteiger partial charge in [0.15, 0.2) is 5.78 Å². The van der Waals surface area contributed by atoms with Crippen LogP contribution in [0.1, 0.15) is 28.8 Å². The molecule has 15 heavy (non-hydrogen) atoms. The summed E-state index contributed by atoms with van der Waals surface area (Å²) in [5.41, 5.74) is -0.554. The summed E-state index contributed by atoms with van der Waals surface area (Å²) in [5, 5.41) is 0.419. The van der Waals surface area contributed by atoms with E-state index in [-0.39, 0.29) is 12.0 Å². The molecule has 0 aliphatic carbocycles. The van der Waals surface area contributed by atoms with Crippen LogP contribution in [0.25, 0.3) is 0 Å². The molecule has 0 amide bonds. The number of benzene rings is 1. The van der Waals surface area contributed by atoms with Gasteiger partial charge >= 0.3 is 0 Å². The summed E-state index contributed by atoms with van der Waals surface area (Å²) in [6.07, 6.45) is -2.58. The van der Waals surface area contributed by atoms with Gasteiger partial charge in [0, 0.05) is 17.3 Å². The van der Waals surface area contributed by atoms with Crippen LogP contribution in [0.15, 0.2) is 18.2 Å². The minimum absolute atomic E-state index is 0.140. The van der Waals surface area contributed by atoms with Crippen molar-refractivity contribution in [2.45, 2.75) is 12.8 Å². The van der Waals surface area contributed by atoms with E-state index in [9.17, 15) is 18.0 Å². The fourth-order valence-corrected chi connectivity index (χ4v) is 1.47. The Morgan fingerprint density at radius 3 is 2.53 bits per heavy atom. The minimum Gasteiger partial charge on any atom is -0.294 e. The van der Waals surface area contributed by atoms with E-state index in [1.165, 1.54) is 0 Å². The van der Waals surface area contributed by atoms with Gasteiger partial charge in [-0.2, -0.15) is 0 Å². The lowest BCUT2D eigenvalue weighted by molar-refractivity contribution is 0.0985. The topological polar surface area (TPSA) is 17.1 Å². The first-order valence-electron chi connectivity index (χ1n) is 4.23. The molecule has 1 aromatic rings. The summed E-state index contributed by atoms with van der Waals surface area (Å²) in [6, 6.07) is 2.86. The summed E-state index contributed by atoms with van der Waals surface area (Å²) < 4.78 is 37.6. The number of Topliss-reactive ketones (excluding diaryl/α,β-unsaturated/α-hetero) is 1. The van der Waals surface area contributed by atoms with E-state index in [1.807, 2.05) is 0 Å². The van der Waals surface area contributed by atoms with E-state index < -0.39 is 23.6 Å². The van der Waals surface area contributed by atoms with Crippen LogP contribution in [0.4, 0.5) is 13.2 Å². The second-order valence-electron chi connectivity index (χ2n) is 2.90. The van der Waals surface area contributed by atoms with Crippen LogP contribution in [0.2, 0.25) is 0 Å². The second kappa shape index (κ2) is 5.30. The molecule has 0 atom stereocenters. The molecule has 0 aromatic heterocycles. The second-order valence-corrected chi connectivity index (χ2v) is 3.70. The molecule has 0 fully saturated rings. The normalized spacial score (nSPS) is 10.7. The predicted molar refractivity (Wildman–Crippen MR) is 54.1 cm³/mol. The van der Waals surface area contributed by atoms with Crippen LogP contribution < -0.4 is 0 Å². The fraction of sp³-hybridized carbons (Fsp3) is 0.300. The van der Waals surface area contributed by atoms with Gasteiger partial charge in [0.2, 0.25) is 0 Å². The van der Waals surface area contributed by atoms with Gasteiger partial charge in [0.05, 0.1) is 5.56 Å². The van der Waals surface area contributed by atoms with Crippen molar-refractivity contribution < 1.29 is 18.0 Å². The van der Waals surface area contributed by atoms with Gasteiger partial charge in [-0.15, -0.1) is 0 Å². The fourth-order valence-electron chi connectivity index (χ4n) is 1.11. The summed E-state index contributed by atoms with van der Waals surface area (Å²) in [6.45, 7) is 0. The summed E-state index contributed by atoms with van der Waals surface area (Å²) >= 11 is 3.05. The van der Waals surface area contributed by atoms with Gasteiger partial charge < -0.3 is 0 Å². The molecule has 0 unspecified atom stereocenters. The van der Waals surface area contributed by atoms with Crippen LogP contribution in [0.3, 0.4) is 0 Å². The van der Waals surface area contributed by atoms with Crippen molar-refractivity contribution >= 4 is 21.7 Å². The third-order valence-corrected chi connectivity index (χ3v) is 2.26. The lowest BCUT2D eigenvalue weighted by Gasteiger charge is -2.04. The van der Waals surface area contributed by atoms with Crippen molar-refractivity contribution in [1.82, 2.24) is 0 Å². The number of alkyl halides is 3. The molecule has 0 saturated carbocycles. The molecule has 5 heteroatoms. The van der Waals surface area contributed by atoms with Gasteiger partial charge in [-0.3, -0.25) is 4.79 Å². The molecule has 0 aliphatic heterocycles. The third kappa shape index (κ3) is 3.06. The Balaban J connectivity index is 2.98. The van der Waals surface area contributed by atoms with Crippen LogP contribution in [0, 0.1) is 5.82 Å². The molecule has 1 aromatic carbocycles. The minimum atomic E-state index is -2.72. The molecule has 0 aliphatic rings. The standard InChI is InChI=1S/C10H8BrF3O/c11-4-3-9(15)7-2-1-6(10(13)14)5-8(7)12/h1-2,5,10H,3-4H2. The van der Waals surface area contributed by atoms with Crippen LogP contribution in [-0.4, -0.2) is 11.1 Å². The maximum Gasteiger partial charge on any atom is 0.263 e. The van der Waals surface area contributed by atoms with Crippen LogP contribution in [-0.2, 0) is 0 Å². The molecule has 0 radical (unpaired) electrons. The van der Waals surface area contributed by atoms with E-state index in [0.717, 1.165) is 12.1 Å². The SMILES string of the molecule is O=C(CCBr)c1ccc(C(F)F)cc1F. The number of carbonyl (C=O) groups excluding carboxylic acids is 1. The number of halogens is 4. The van der Waals surface area contributed by atoms with E-state index in [4.69, 9.17) is 0 Å². The maximum absolute atomic E-state index is 13.2. The van der Waals surface area contributed by atoms with Gasteiger partial charge in [-0.05, 0) is 12.1 Å². The van der Waals surface area contributed by atoms with E-state index >= 15 is 0 Å². The lowest BCUT2D eigenvalue weighted by atomic mass is 10.1. The van der Waals surface area contributed by atoms with E-state index in [1.54, 1.807) is 0 Å². The third-order valence-electron chi connectivity index (χ3n) is 1.87. The molecule has 0 bridgehead atoms. The zero-order valence-corrected chi connectivity index (χ0v) is 9.23. The molecule has 0 N–H and O–H groups in total. The molecule has 0 spiro atoms. The zero-order valence-electron chi connectivity index (χ0n) is 7.64. The van der Waals surface area contributed by atoms with Gasteiger partial charge in [-0.25, -0.2) is 13.2 Å².